The van der Waals surface area contributed by atoms with Crippen molar-refractivity contribution < 1.29 is 9.15 Å². The van der Waals surface area contributed by atoms with Gasteiger partial charge in [-0.05, 0) is 54.6 Å². The van der Waals surface area contributed by atoms with Gasteiger partial charge in [0.15, 0.2) is 0 Å². The van der Waals surface area contributed by atoms with Gasteiger partial charge < -0.3 is 9.15 Å². The lowest BCUT2D eigenvalue weighted by molar-refractivity contribution is 0.481. The number of aryl methyl sites for hydroxylation is 2. The molecule has 0 fully saturated rings. The number of benzene rings is 3. The van der Waals surface area contributed by atoms with E-state index in [1.54, 1.807) is 6.26 Å². The Balaban J connectivity index is 1.96. The number of furan rings is 1. The van der Waals surface area contributed by atoms with Crippen LogP contribution in [-0.2, 0) is 0 Å². The van der Waals surface area contributed by atoms with E-state index in [4.69, 9.17) is 9.15 Å². The number of fused-ring (bicyclic) bond motifs is 3. The Labute approximate surface area is 128 Å². The van der Waals surface area contributed by atoms with Gasteiger partial charge in [0, 0.05) is 10.8 Å². The number of hydrogen-bond donors (Lipinski definition) is 0. The summed E-state index contributed by atoms with van der Waals surface area (Å²) < 4.78 is 11.7. The number of rotatable bonds is 2. The van der Waals surface area contributed by atoms with E-state index in [2.05, 4.69) is 38.1 Å². The van der Waals surface area contributed by atoms with Gasteiger partial charge in [-0.2, -0.15) is 0 Å². The van der Waals surface area contributed by atoms with Crippen molar-refractivity contribution in [1.82, 2.24) is 0 Å². The summed E-state index contributed by atoms with van der Waals surface area (Å²) in [4.78, 5) is 0. The second kappa shape index (κ2) is 4.92. The first-order valence-corrected chi connectivity index (χ1v) is 7.37. The van der Waals surface area contributed by atoms with Crippen LogP contribution in [0, 0.1) is 13.8 Å². The summed E-state index contributed by atoms with van der Waals surface area (Å²) in [5.41, 5.74) is 3.15. The lowest BCUT2D eigenvalue weighted by Crippen LogP contribution is -1.91. The van der Waals surface area contributed by atoms with Crippen LogP contribution < -0.4 is 4.74 Å². The highest BCUT2D eigenvalue weighted by molar-refractivity contribution is 6.08. The first-order chi connectivity index (χ1) is 10.7. The van der Waals surface area contributed by atoms with Gasteiger partial charge in [0.05, 0.1) is 6.26 Å². The molecule has 1 aromatic heterocycles. The Morgan fingerprint density at radius 2 is 1.55 bits per heavy atom. The van der Waals surface area contributed by atoms with Crippen molar-refractivity contribution in [2.24, 2.45) is 0 Å². The van der Waals surface area contributed by atoms with Gasteiger partial charge in [0.2, 0.25) is 0 Å². The van der Waals surface area contributed by atoms with Gasteiger partial charge in [0.1, 0.15) is 17.1 Å². The molecule has 0 unspecified atom stereocenters. The van der Waals surface area contributed by atoms with E-state index in [9.17, 15) is 0 Å². The third-order valence-electron chi connectivity index (χ3n) is 4.09. The fourth-order valence-corrected chi connectivity index (χ4v) is 2.86. The Hall–Kier alpha value is -2.74. The minimum atomic E-state index is 0.894. The smallest absolute Gasteiger partial charge is 0.138 e. The maximum atomic E-state index is 6.25. The quantitative estimate of drug-likeness (QED) is 0.451. The van der Waals surface area contributed by atoms with Crippen molar-refractivity contribution >= 4 is 21.7 Å². The zero-order chi connectivity index (χ0) is 15.1. The molecule has 0 aliphatic rings. The van der Waals surface area contributed by atoms with Crippen molar-refractivity contribution in [3.8, 4) is 11.5 Å². The molecule has 4 aromatic rings. The first-order valence-electron chi connectivity index (χ1n) is 7.37. The summed E-state index contributed by atoms with van der Waals surface area (Å²) in [6, 6.07) is 18.4. The van der Waals surface area contributed by atoms with Gasteiger partial charge in [-0.25, -0.2) is 0 Å². The van der Waals surface area contributed by atoms with E-state index in [0.717, 1.165) is 44.4 Å². The molecule has 2 nitrogen and oxygen atoms in total. The summed E-state index contributed by atoms with van der Waals surface area (Å²) in [6.07, 6.45) is 1.73. The van der Waals surface area contributed by atoms with Crippen LogP contribution in [0.4, 0.5) is 0 Å². The Kier molecular flexibility index (Phi) is 2.90. The van der Waals surface area contributed by atoms with E-state index in [0.29, 0.717) is 0 Å². The van der Waals surface area contributed by atoms with Crippen LogP contribution in [-0.4, -0.2) is 0 Å². The molecule has 4 rings (SSSR count). The third kappa shape index (κ3) is 1.96. The summed E-state index contributed by atoms with van der Waals surface area (Å²) >= 11 is 0. The Bertz CT molecular complexity index is 980. The van der Waals surface area contributed by atoms with Gasteiger partial charge >= 0.3 is 0 Å². The maximum Gasteiger partial charge on any atom is 0.138 e. The molecule has 22 heavy (non-hydrogen) atoms. The molecule has 0 spiro atoms. The molecule has 0 saturated heterocycles. The highest BCUT2D eigenvalue weighted by Crippen LogP contribution is 2.37. The largest absolute Gasteiger partial charge is 0.464 e. The standard InChI is InChI=1S/C20H16O2/c1-13-5-3-4-6-18(13)22-20-14(2)7-8-15-16-11-12-21-19(16)10-9-17(15)20/h3-12H,1-2H3. The van der Waals surface area contributed by atoms with Gasteiger partial charge in [-0.15, -0.1) is 0 Å². The molecule has 0 aliphatic carbocycles. The summed E-state index contributed by atoms with van der Waals surface area (Å²) in [6.45, 7) is 4.14. The summed E-state index contributed by atoms with van der Waals surface area (Å²) in [7, 11) is 0. The normalized spacial score (nSPS) is 11.2. The van der Waals surface area contributed by atoms with E-state index in [1.807, 2.05) is 30.3 Å². The molecule has 0 N–H and O–H groups in total. The molecule has 0 bridgehead atoms. The lowest BCUT2D eigenvalue weighted by atomic mass is 10.0. The zero-order valence-corrected chi connectivity index (χ0v) is 12.6. The molecule has 2 heteroatoms. The highest BCUT2D eigenvalue weighted by Gasteiger charge is 2.11. The van der Waals surface area contributed by atoms with Crippen molar-refractivity contribution in [1.29, 1.82) is 0 Å². The molecule has 0 radical (unpaired) electrons. The minimum Gasteiger partial charge on any atom is -0.464 e. The Morgan fingerprint density at radius 1 is 0.727 bits per heavy atom. The third-order valence-corrected chi connectivity index (χ3v) is 4.09. The number of para-hydroxylation sites is 1. The average molecular weight is 288 g/mol. The van der Waals surface area contributed by atoms with Crippen molar-refractivity contribution in [3.05, 3.63) is 72.0 Å². The van der Waals surface area contributed by atoms with Crippen LogP contribution in [0.1, 0.15) is 11.1 Å². The molecular formula is C20H16O2. The zero-order valence-electron chi connectivity index (χ0n) is 12.6. The van der Waals surface area contributed by atoms with Crippen molar-refractivity contribution in [2.45, 2.75) is 13.8 Å². The number of hydrogen-bond acceptors (Lipinski definition) is 2. The summed E-state index contributed by atoms with van der Waals surface area (Å²) in [5, 5.41) is 3.38. The predicted octanol–water partition coefficient (Wildman–Crippen LogP) is 6.00. The predicted molar refractivity (Wildman–Crippen MR) is 89.7 cm³/mol. The second-order valence-electron chi connectivity index (χ2n) is 5.57. The number of ether oxygens (including phenoxy) is 1. The fraction of sp³-hybridized carbons (Fsp3) is 0.100. The van der Waals surface area contributed by atoms with Crippen LogP contribution in [0.15, 0.2) is 65.3 Å². The summed E-state index contributed by atoms with van der Waals surface area (Å²) in [5.74, 6) is 1.81. The SMILES string of the molecule is Cc1ccccc1Oc1c(C)ccc2c1ccc1occc12. The molecular weight excluding hydrogens is 272 g/mol. The van der Waals surface area contributed by atoms with E-state index < -0.39 is 0 Å². The molecule has 3 aromatic carbocycles. The van der Waals surface area contributed by atoms with Crippen LogP contribution in [0.5, 0.6) is 11.5 Å². The molecule has 1 heterocycles. The molecule has 0 saturated carbocycles. The second-order valence-corrected chi connectivity index (χ2v) is 5.57. The van der Waals surface area contributed by atoms with Crippen molar-refractivity contribution in [3.63, 3.8) is 0 Å². The van der Waals surface area contributed by atoms with Crippen LogP contribution in [0.3, 0.4) is 0 Å². The molecule has 108 valence electrons. The van der Waals surface area contributed by atoms with E-state index in [1.165, 1.54) is 0 Å². The monoisotopic (exact) mass is 288 g/mol. The average Bonchev–Trinajstić information content (AvgIpc) is 3.00. The van der Waals surface area contributed by atoms with Gasteiger partial charge in [-0.1, -0.05) is 30.3 Å². The minimum absolute atomic E-state index is 0.894. The first kappa shape index (κ1) is 13.0. The van der Waals surface area contributed by atoms with E-state index >= 15 is 0 Å². The molecule has 0 atom stereocenters. The maximum absolute atomic E-state index is 6.25. The fourth-order valence-electron chi connectivity index (χ4n) is 2.86. The lowest BCUT2D eigenvalue weighted by Gasteiger charge is -2.14. The van der Waals surface area contributed by atoms with Crippen LogP contribution >= 0.6 is 0 Å². The van der Waals surface area contributed by atoms with Crippen LogP contribution in [0.25, 0.3) is 21.7 Å². The van der Waals surface area contributed by atoms with Crippen molar-refractivity contribution in [2.75, 3.05) is 0 Å². The van der Waals surface area contributed by atoms with E-state index in [-0.39, 0.29) is 0 Å². The van der Waals surface area contributed by atoms with Gasteiger partial charge in [-0.3, -0.25) is 0 Å². The Morgan fingerprint density at radius 3 is 2.41 bits per heavy atom. The topological polar surface area (TPSA) is 22.4 Å². The molecule has 0 amide bonds. The highest BCUT2D eigenvalue weighted by atomic mass is 16.5. The van der Waals surface area contributed by atoms with Crippen LogP contribution in [0.2, 0.25) is 0 Å². The molecule has 0 aliphatic heterocycles. The van der Waals surface area contributed by atoms with Gasteiger partial charge in [0.25, 0.3) is 0 Å².